The smallest absolute Gasteiger partial charge is 0.220 e. The minimum Gasteiger partial charge on any atom is -0.439 e. The van der Waals surface area contributed by atoms with Crippen LogP contribution in [0.3, 0.4) is 0 Å². The monoisotopic (exact) mass is 345 g/mol. The fourth-order valence-electron chi connectivity index (χ4n) is 1.11. The second-order valence-corrected chi connectivity index (χ2v) is 4.64. The maximum absolute atomic E-state index is 13.0. The largest absolute Gasteiger partial charge is 0.439 e. The number of rotatable bonds is 2. The van der Waals surface area contributed by atoms with Gasteiger partial charge >= 0.3 is 0 Å². The molecule has 0 amide bonds. The Balaban J connectivity index is 2.24. The van der Waals surface area contributed by atoms with Crippen LogP contribution in [0, 0.1) is 5.82 Å². The summed E-state index contributed by atoms with van der Waals surface area (Å²) in [7, 11) is 0. The molecule has 0 bridgehead atoms. The number of pyridine rings is 1. The summed E-state index contributed by atoms with van der Waals surface area (Å²) in [6.07, 6.45) is 0. The van der Waals surface area contributed by atoms with E-state index in [1.165, 1.54) is 6.07 Å². The van der Waals surface area contributed by atoms with Gasteiger partial charge in [0, 0.05) is 6.07 Å². The number of hydrogen-bond donors (Lipinski definition) is 0. The van der Waals surface area contributed by atoms with Crippen LogP contribution in [0.2, 0.25) is 0 Å². The van der Waals surface area contributed by atoms with E-state index >= 15 is 0 Å². The molecule has 5 heteroatoms. The normalized spacial score (nSPS) is 10.2. The molecule has 0 N–H and O–H groups in total. The van der Waals surface area contributed by atoms with Gasteiger partial charge in [-0.1, -0.05) is 6.07 Å². The van der Waals surface area contributed by atoms with Gasteiger partial charge in [0.25, 0.3) is 0 Å². The predicted molar refractivity (Wildman–Crippen MR) is 66.1 cm³/mol. The van der Waals surface area contributed by atoms with Crippen LogP contribution in [0.1, 0.15) is 0 Å². The lowest BCUT2D eigenvalue weighted by atomic mass is 10.3. The maximum atomic E-state index is 13.0. The SMILES string of the molecule is Fc1ccc(Oc2cccc(Br)n2)cc1Br. The molecule has 1 aromatic heterocycles. The molecule has 0 saturated carbocycles. The first-order valence-corrected chi connectivity index (χ1v) is 5.99. The summed E-state index contributed by atoms with van der Waals surface area (Å²) in [6, 6.07) is 9.76. The molecule has 82 valence electrons. The summed E-state index contributed by atoms with van der Waals surface area (Å²) in [6.45, 7) is 0. The Morgan fingerprint density at radius 2 is 1.94 bits per heavy atom. The molecule has 2 nitrogen and oxygen atoms in total. The van der Waals surface area contributed by atoms with Crippen molar-refractivity contribution in [3.63, 3.8) is 0 Å². The van der Waals surface area contributed by atoms with Crippen molar-refractivity contribution in [2.75, 3.05) is 0 Å². The van der Waals surface area contributed by atoms with Gasteiger partial charge in [0.2, 0.25) is 5.88 Å². The van der Waals surface area contributed by atoms with Crippen molar-refractivity contribution in [1.29, 1.82) is 0 Å². The second kappa shape index (κ2) is 4.93. The van der Waals surface area contributed by atoms with E-state index in [4.69, 9.17) is 4.74 Å². The molecule has 0 aliphatic heterocycles. The third kappa shape index (κ3) is 2.80. The molecule has 0 fully saturated rings. The van der Waals surface area contributed by atoms with Gasteiger partial charge < -0.3 is 4.74 Å². The molecule has 0 atom stereocenters. The molecule has 0 aliphatic rings. The van der Waals surface area contributed by atoms with Crippen LogP contribution in [0.5, 0.6) is 11.6 Å². The summed E-state index contributed by atoms with van der Waals surface area (Å²) < 4.78 is 19.5. The van der Waals surface area contributed by atoms with Gasteiger partial charge in [-0.3, -0.25) is 0 Å². The van der Waals surface area contributed by atoms with Crippen molar-refractivity contribution in [2.45, 2.75) is 0 Å². The lowest BCUT2D eigenvalue weighted by Crippen LogP contribution is -1.88. The van der Waals surface area contributed by atoms with E-state index in [0.717, 1.165) is 0 Å². The van der Waals surface area contributed by atoms with Gasteiger partial charge in [-0.05, 0) is 56.1 Å². The zero-order chi connectivity index (χ0) is 11.5. The zero-order valence-corrected chi connectivity index (χ0v) is 11.1. The third-order valence-corrected chi connectivity index (χ3v) is 2.85. The number of hydrogen-bond acceptors (Lipinski definition) is 2. The average Bonchev–Trinajstić information content (AvgIpc) is 2.24. The summed E-state index contributed by atoms with van der Waals surface area (Å²) in [5, 5.41) is 0. The molecular formula is C11H6Br2FNO. The lowest BCUT2D eigenvalue weighted by Gasteiger charge is -2.05. The number of aromatic nitrogens is 1. The van der Waals surface area contributed by atoms with Gasteiger partial charge in [0.1, 0.15) is 16.2 Å². The molecule has 2 aromatic rings. The molecule has 1 heterocycles. The van der Waals surface area contributed by atoms with Gasteiger partial charge in [0.05, 0.1) is 4.47 Å². The number of nitrogens with zero attached hydrogens (tertiary/aromatic N) is 1. The summed E-state index contributed by atoms with van der Waals surface area (Å²) in [5.74, 6) is 0.654. The highest BCUT2D eigenvalue weighted by Gasteiger charge is 2.03. The summed E-state index contributed by atoms with van der Waals surface area (Å²) in [5.41, 5.74) is 0. The molecule has 0 spiro atoms. The third-order valence-electron chi connectivity index (χ3n) is 1.80. The highest BCUT2D eigenvalue weighted by Crippen LogP contribution is 2.25. The maximum Gasteiger partial charge on any atom is 0.220 e. The van der Waals surface area contributed by atoms with Gasteiger partial charge in [-0.25, -0.2) is 9.37 Å². The minimum atomic E-state index is -0.324. The Morgan fingerprint density at radius 1 is 1.12 bits per heavy atom. The first-order valence-electron chi connectivity index (χ1n) is 4.40. The van der Waals surface area contributed by atoms with E-state index in [1.807, 2.05) is 6.07 Å². The van der Waals surface area contributed by atoms with Crippen molar-refractivity contribution in [1.82, 2.24) is 4.98 Å². The van der Waals surface area contributed by atoms with Crippen LogP contribution in [0.4, 0.5) is 4.39 Å². The zero-order valence-electron chi connectivity index (χ0n) is 7.95. The number of benzene rings is 1. The molecule has 2 rings (SSSR count). The van der Waals surface area contributed by atoms with Crippen molar-refractivity contribution in [3.05, 3.63) is 51.3 Å². The predicted octanol–water partition coefficient (Wildman–Crippen LogP) is 4.54. The Bertz CT molecular complexity index is 519. The van der Waals surface area contributed by atoms with Crippen LogP contribution < -0.4 is 4.74 Å². The molecule has 0 saturated heterocycles. The van der Waals surface area contributed by atoms with Crippen molar-refractivity contribution in [2.24, 2.45) is 0 Å². The van der Waals surface area contributed by atoms with E-state index in [-0.39, 0.29) is 5.82 Å². The van der Waals surface area contributed by atoms with E-state index in [2.05, 4.69) is 36.8 Å². The van der Waals surface area contributed by atoms with Crippen LogP contribution in [0.15, 0.2) is 45.5 Å². The topological polar surface area (TPSA) is 22.1 Å². The lowest BCUT2D eigenvalue weighted by molar-refractivity contribution is 0.459. The van der Waals surface area contributed by atoms with Crippen LogP contribution >= 0.6 is 31.9 Å². The van der Waals surface area contributed by atoms with Crippen molar-refractivity contribution >= 4 is 31.9 Å². The minimum absolute atomic E-state index is 0.324. The van der Waals surface area contributed by atoms with E-state index in [1.54, 1.807) is 24.3 Å². The summed E-state index contributed by atoms with van der Waals surface area (Å²) in [4.78, 5) is 4.11. The summed E-state index contributed by atoms with van der Waals surface area (Å²) >= 11 is 6.33. The van der Waals surface area contributed by atoms with E-state index in [9.17, 15) is 4.39 Å². The quantitative estimate of drug-likeness (QED) is 0.745. The van der Waals surface area contributed by atoms with Gasteiger partial charge in [0.15, 0.2) is 0 Å². The average molecular weight is 347 g/mol. The Labute approximate surface area is 109 Å². The Hall–Kier alpha value is -0.940. The first-order chi connectivity index (χ1) is 7.65. The first kappa shape index (κ1) is 11.5. The highest BCUT2D eigenvalue weighted by atomic mass is 79.9. The second-order valence-electron chi connectivity index (χ2n) is 2.98. The van der Waals surface area contributed by atoms with E-state index in [0.29, 0.717) is 20.7 Å². The number of ether oxygens (including phenoxy) is 1. The molecule has 0 unspecified atom stereocenters. The van der Waals surface area contributed by atoms with Crippen LogP contribution in [0.25, 0.3) is 0 Å². The van der Waals surface area contributed by atoms with Gasteiger partial charge in [-0.2, -0.15) is 0 Å². The molecule has 16 heavy (non-hydrogen) atoms. The molecular weight excluding hydrogens is 341 g/mol. The molecule has 0 aliphatic carbocycles. The standard InChI is InChI=1S/C11H6Br2FNO/c12-8-6-7(4-5-9(8)14)16-11-3-1-2-10(13)15-11/h1-6H. The fraction of sp³-hybridized carbons (Fsp3) is 0. The van der Waals surface area contributed by atoms with Crippen LogP contribution in [-0.2, 0) is 0 Å². The molecule has 1 aromatic carbocycles. The van der Waals surface area contributed by atoms with Crippen molar-refractivity contribution < 1.29 is 9.13 Å². The number of halogens is 3. The Morgan fingerprint density at radius 3 is 2.62 bits per heavy atom. The fourth-order valence-corrected chi connectivity index (χ4v) is 1.79. The van der Waals surface area contributed by atoms with E-state index < -0.39 is 0 Å². The Kier molecular flexibility index (Phi) is 3.56. The molecule has 0 radical (unpaired) electrons. The van der Waals surface area contributed by atoms with Gasteiger partial charge in [-0.15, -0.1) is 0 Å². The van der Waals surface area contributed by atoms with Crippen molar-refractivity contribution in [3.8, 4) is 11.6 Å². The highest BCUT2D eigenvalue weighted by molar-refractivity contribution is 9.10. The van der Waals surface area contributed by atoms with Crippen LogP contribution in [-0.4, -0.2) is 4.98 Å².